The van der Waals surface area contributed by atoms with Crippen LogP contribution in [0.2, 0.25) is 0 Å². The number of rotatable bonds is 7. The predicted molar refractivity (Wildman–Crippen MR) is 154 cm³/mol. The number of fused-ring (bicyclic) bond motifs is 1. The highest BCUT2D eigenvalue weighted by Gasteiger charge is 2.38. The Kier molecular flexibility index (Phi) is 8.60. The van der Waals surface area contributed by atoms with Gasteiger partial charge in [-0.2, -0.15) is 13.2 Å². The normalized spacial score (nSPS) is 19.8. The molecule has 0 aromatic heterocycles. The summed E-state index contributed by atoms with van der Waals surface area (Å²) in [6.45, 7) is 3.51. The number of piperazine rings is 1. The Morgan fingerprint density at radius 2 is 1.66 bits per heavy atom. The highest BCUT2D eigenvalue weighted by atomic mass is 32.1. The highest BCUT2D eigenvalue weighted by Crippen LogP contribution is 2.38. The average molecular weight is 591 g/mol. The van der Waals surface area contributed by atoms with E-state index in [1.807, 2.05) is 12.1 Å². The molecular formula is C29H30F4N4O3S. The van der Waals surface area contributed by atoms with E-state index in [0.29, 0.717) is 19.4 Å². The quantitative estimate of drug-likeness (QED) is 0.141. The van der Waals surface area contributed by atoms with Crippen LogP contribution in [0.25, 0.3) is 10.8 Å². The van der Waals surface area contributed by atoms with E-state index in [-0.39, 0.29) is 23.7 Å². The zero-order valence-corrected chi connectivity index (χ0v) is 23.0. The molecule has 2 aliphatic rings. The molecule has 2 fully saturated rings. The Labute approximate surface area is 240 Å². The SMILES string of the molecule is O=[N+]([O-])c1ccc(NC2CCC(OCC(=S)N3CCN(c4ccc5cc(F)ccc5c4)CC3)CC2)cc1C(F)(F)F. The summed E-state index contributed by atoms with van der Waals surface area (Å²) in [6.07, 6.45) is -1.93. The number of nitrogens with zero attached hydrogens (tertiary/aromatic N) is 3. The van der Waals surface area contributed by atoms with Gasteiger partial charge in [0.1, 0.15) is 16.4 Å². The Bertz CT molecular complexity index is 1420. The Morgan fingerprint density at radius 3 is 2.34 bits per heavy atom. The van der Waals surface area contributed by atoms with Gasteiger partial charge in [0.05, 0.1) is 17.6 Å². The van der Waals surface area contributed by atoms with Gasteiger partial charge in [-0.05, 0) is 72.9 Å². The molecule has 7 nitrogen and oxygen atoms in total. The van der Waals surface area contributed by atoms with Gasteiger partial charge >= 0.3 is 6.18 Å². The lowest BCUT2D eigenvalue weighted by atomic mass is 9.92. The van der Waals surface area contributed by atoms with Crippen molar-refractivity contribution >= 4 is 45.0 Å². The van der Waals surface area contributed by atoms with Gasteiger partial charge in [-0.3, -0.25) is 10.1 Å². The second kappa shape index (κ2) is 12.2. The molecule has 1 saturated heterocycles. The number of anilines is 2. The van der Waals surface area contributed by atoms with Crippen LogP contribution in [-0.4, -0.2) is 59.7 Å². The minimum Gasteiger partial charge on any atom is -0.382 e. The Balaban J connectivity index is 1.05. The van der Waals surface area contributed by atoms with Crippen LogP contribution in [0.15, 0.2) is 54.6 Å². The van der Waals surface area contributed by atoms with Gasteiger partial charge in [-0.1, -0.05) is 24.4 Å². The number of hydrogen-bond acceptors (Lipinski definition) is 6. The third-order valence-corrected chi connectivity index (χ3v) is 8.15. The van der Waals surface area contributed by atoms with Crippen LogP contribution in [0.5, 0.6) is 0 Å². The van der Waals surface area contributed by atoms with Crippen molar-refractivity contribution in [2.75, 3.05) is 43.0 Å². The summed E-state index contributed by atoms with van der Waals surface area (Å²) in [5.41, 5.74) is -0.901. The fourth-order valence-corrected chi connectivity index (χ4v) is 5.77. The van der Waals surface area contributed by atoms with Gasteiger partial charge in [-0.15, -0.1) is 0 Å². The van der Waals surface area contributed by atoms with Crippen molar-refractivity contribution in [3.05, 3.63) is 76.1 Å². The maximum absolute atomic E-state index is 13.5. The number of thiocarbonyl (C=S) groups is 1. The number of ether oxygens (including phenoxy) is 1. The minimum absolute atomic E-state index is 0.0114. The molecule has 5 rings (SSSR count). The van der Waals surface area contributed by atoms with Gasteiger partial charge in [0, 0.05) is 49.7 Å². The molecule has 1 saturated carbocycles. The highest BCUT2D eigenvalue weighted by molar-refractivity contribution is 7.80. The number of halogens is 4. The molecule has 12 heteroatoms. The van der Waals surface area contributed by atoms with Crippen molar-refractivity contribution in [3.8, 4) is 0 Å². The first kappa shape index (κ1) is 29.0. The fraction of sp³-hybridized carbons (Fsp3) is 0.414. The number of nitro groups is 1. The van der Waals surface area contributed by atoms with Gasteiger partial charge in [0.15, 0.2) is 0 Å². The molecule has 0 bridgehead atoms. The van der Waals surface area contributed by atoms with E-state index >= 15 is 0 Å². The van der Waals surface area contributed by atoms with Crippen molar-refractivity contribution in [2.45, 2.75) is 44.0 Å². The zero-order chi connectivity index (χ0) is 29.1. The molecule has 0 atom stereocenters. The number of benzene rings is 3. The Morgan fingerprint density at radius 1 is 0.976 bits per heavy atom. The maximum atomic E-state index is 13.5. The van der Waals surface area contributed by atoms with Crippen LogP contribution in [0, 0.1) is 15.9 Å². The summed E-state index contributed by atoms with van der Waals surface area (Å²) in [7, 11) is 0. The number of hydrogen-bond donors (Lipinski definition) is 1. The van der Waals surface area contributed by atoms with Crippen molar-refractivity contribution in [2.24, 2.45) is 0 Å². The van der Waals surface area contributed by atoms with E-state index in [2.05, 4.69) is 21.2 Å². The van der Waals surface area contributed by atoms with E-state index in [1.54, 1.807) is 6.07 Å². The van der Waals surface area contributed by atoms with Crippen LogP contribution in [0.4, 0.5) is 34.6 Å². The zero-order valence-electron chi connectivity index (χ0n) is 22.2. The van der Waals surface area contributed by atoms with Crippen molar-refractivity contribution in [3.63, 3.8) is 0 Å². The molecule has 1 heterocycles. The lowest BCUT2D eigenvalue weighted by molar-refractivity contribution is -0.388. The minimum atomic E-state index is -4.81. The van der Waals surface area contributed by atoms with E-state index < -0.39 is 22.4 Å². The summed E-state index contributed by atoms with van der Waals surface area (Å²) in [4.78, 5) is 15.2. The van der Waals surface area contributed by atoms with Crippen LogP contribution in [0.1, 0.15) is 31.2 Å². The number of nitro benzene ring substituents is 1. The van der Waals surface area contributed by atoms with Gasteiger partial charge in [0.2, 0.25) is 0 Å². The monoisotopic (exact) mass is 590 g/mol. The smallest absolute Gasteiger partial charge is 0.382 e. The molecule has 0 radical (unpaired) electrons. The first-order valence-corrected chi connectivity index (χ1v) is 13.9. The van der Waals surface area contributed by atoms with Gasteiger partial charge in [0.25, 0.3) is 5.69 Å². The molecule has 41 heavy (non-hydrogen) atoms. The van der Waals surface area contributed by atoms with Crippen molar-refractivity contribution in [1.82, 2.24) is 4.90 Å². The third kappa shape index (κ3) is 7.05. The van der Waals surface area contributed by atoms with E-state index in [4.69, 9.17) is 17.0 Å². The summed E-state index contributed by atoms with van der Waals surface area (Å²) in [5, 5.41) is 15.9. The standard InChI is InChI=1S/C29H30F4N4O3S/c30-21-3-1-20-16-24(7-2-19(20)15-21)35-11-13-36(14-12-35)28(41)18-40-25-8-4-22(5-9-25)34-23-6-10-27(37(38)39)26(17-23)29(31,32)33/h1-3,6-7,10,15-17,22,25,34H,4-5,8-9,11-14,18H2. The third-order valence-electron chi connectivity index (χ3n) is 7.77. The molecule has 1 aliphatic carbocycles. The lowest BCUT2D eigenvalue weighted by Crippen LogP contribution is -2.49. The van der Waals surface area contributed by atoms with Crippen LogP contribution >= 0.6 is 12.2 Å². The van der Waals surface area contributed by atoms with Gasteiger partial charge in [-0.25, -0.2) is 4.39 Å². The van der Waals surface area contributed by atoms with E-state index in [0.717, 1.165) is 72.6 Å². The topological polar surface area (TPSA) is 70.9 Å². The summed E-state index contributed by atoms with van der Waals surface area (Å²) >= 11 is 5.65. The number of alkyl halides is 3. The molecule has 0 amide bonds. The summed E-state index contributed by atoms with van der Waals surface area (Å²) < 4.78 is 59.4. The molecule has 218 valence electrons. The van der Waals surface area contributed by atoms with Gasteiger partial charge < -0.3 is 19.9 Å². The van der Waals surface area contributed by atoms with E-state index in [9.17, 15) is 27.7 Å². The molecule has 0 unspecified atom stereocenters. The molecule has 3 aromatic carbocycles. The maximum Gasteiger partial charge on any atom is 0.423 e. The predicted octanol–water partition coefficient (Wildman–Crippen LogP) is 6.80. The first-order valence-electron chi connectivity index (χ1n) is 13.5. The first-order chi connectivity index (χ1) is 19.6. The average Bonchev–Trinajstić information content (AvgIpc) is 2.96. The molecule has 1 N–H and O–H groups in total. The molecule has 0 spiro atoms. The van der Waals surface area contributed by atoms with Crippen LogP contribution < -0.4 is 10.2 Å². The molecule has 3 aromatic rings. The molecular weight excluding hydrogens is 560 g/mol. The largest absolute Gasteiger partial charge is 0.423 e. The summed E-state index contributed by atoms with van der Waals surface area (Å²) in [5.74, 6) is -0.246. The number of nitrogens with one attached hydrogen (secondary N) is 1. The lowest BCUT2D eigenvalue weighted by Gasteiger charge is -2.38. The second-order valence-electron chi connectivity index (χ2n) is 10.5. The van der Waals surface area contributed by atoms with E-state index in [1.165, 1.54) is 18.2 Å². The van der Waals surface area contributed by atoms with Crippen LogP contribution in [0.3, 0.4) is 0 Å². The molecule has 1 aliphatic heterocycles. The van der Waals surface area contributed by atoms with Crippen molar-refractivity contribution < 1.29 is 27.2 Å². The van der Waals surface area contributed by atoms with Crippen LogP contribution in [-0.2, 0) is 10.9 Å². The van der Waals surface area contributed by atoms with Crippen molar-refractivity contribution in [1.29, 1.82) is 0 Å². The second-order valence-corrected chi connectivity index (χ2v) is 10.9. The summed E-state index contributed by atoms with van der Waals surface area (Å²) in [6, 6.07) is 13.8. The Hall–Kier alpha value is -3.51. The fourth-order valence-electron chi connectivity index (χ4n) is 5.52.